The zero-order valence-electron chi connectivity index (χ0n) is 9.15. The van der Waals surface area contributed by atoms with Gasteiger partial charge in [0.1, 0.15) is 0 Å². The molecule has 0 fully saturated rings. The number of aromatic amines is 1. The first kappa shape index (κ1) is 10.9. The third-order valence-corrected chi connectivity index (χ3v) is 2.44. The molecule has 0 saturated carbocycles. The number of oxazole rings is 1. The summed E-state index contributed by atoms with van der Waals surface area (Å²) in [6, 6.07) is 5.47. The van der Waals surface area contributed by atoms with Crippen molar-refractivity contribution in [2.75, 3.05) is 14.1 Å². The number of aromatic nitrogens is 1. The molecule has 2 rings (SSSR count). The van der Waals surface area contributed by atoms with Crippen LogP contribution in [0.3, 0.4) is 0 Å². The van der Waals surface area contributed by atoms with Crippen molar-refractivity contribution < 1.29 is 4.42 Å². The van der Waals surface area contributed by atoms with Crippen molar-refractivity contribution in [1.82, 2.24) is 15.3 Å². The smallest absolute Gasteiger partial charge is 0.408 e. The van der Waals surface area contributed by atoms with Crippen molar-refractivity contribution in [3.8, 4) is 0 Å². The Morgan fingerprint density at radius 3 is 2.88 bits per heavy atom. The van der Waals surface area contributed by atoms with Crippen LogP contribution in [0.4, 0.5) is 0 Å². The molecule has 1 aromatic carbocycles. The van der Waals surface area contributed by atoms with E-state index in [0.29, 0.717) is 11.1 Å². The molecule has 0 amide bonds. The fraction of sp³-hybridized carbons (Fsp3) is 0.300. The molecule has 4 N–H and O–H groups in total. The van der Waals surface area contributed by atoms with E-state index >= 15 is 0 Å². The highest BCUT2D eigenvalue weighted by molar-refractivity contribution is 5.72. The van der Waals surface area contributed by atoms with Crippen molar-refractivity contribution in [2.45, 2.75) is 6.17 Å². The molecule has 1 atom stereocenters. The van der Waals surface area contributed by atoms with E-state index in [-0.39, 0.29) is 6.17 Å². The van der Waals surface area contributed by atoms with Crippen LogP contribution in [0, 0.1) is 0 Å². The SMILES string of the molecule is CN(C)C(NN)c1ccc2[nH]c(=O)oc2c1. The van der Waals surface area contributed by atoms with Gasteiger partial charge in [-0.2, -0.15) is 0 Å². The zero-order chi connectivity index (χ0) is 11.7. The number of hydrogen-bond donors (Lipinski definition) is 3. The number of nitrogens with zero attached hydrogens (tertiary/aromatic N) is 1. The number of nitrogens with one attached hydrogen (secondary N) is 2. The molecule has 86 valence electrons. The Hall–Kier alpha value is -1.63. The first-order valence-corrected chi connectivity index (χ1v) is 4.87. The molecule has 1 aromatic heterocycles. The van der Waals surface area contributed by atoms with Gasteiger partial charge in [-0.3, -0.25) is 15.7 Å². The maximum absolute atomic E-state index is 11.0. The van der Waals surface area contributed by atoms with Crippen LogP contribution in [0.1, 0.15) is 11.7 Å². The number of nitrogens with two attached hydrogens (primary N) is 1. The summed E-state index contributed by atoms with van der Waals surface area (Å²) >= 11 is 0. The maximum Gasteiger partial charge on any atom is 0.417 e. The first-order chi connectivity index (χ1) is 7.61. The van der Waals surface area contributed by atoms with Crippen LogP contribution in [-0.4, -0.2) is 24.0 Å². The van der Waals surface area contributed by atoms with E-state index in [1.54, 1.807) is 12.1 Å². The quantitative estimate of drug-likeness (QED) is 0.391. The number of fused-ring (bicyclic) bond motifs is 1. The minimum Gasteiger partial charge on any atom is -0.408 e. The molecule has 0 bridgehead atoms. The standard InChI is InChI=1S/C10H14N4O2/c1-14(2)9(13-11)6-3-4-7-8(5-6)16-10(15)12-7/h3-5,9,13H,11H2,1-2H3,(H,12,15). The van der Waals surface area contributed by atoms with E-state index in [0.717, 1.165) is 5.56 Å². The van der Waals surface area contributed by atoms with E-state index in [9.17, 15) is 4.79 Å². The molecule has 6 heteroatoms. The van der Waals surface area contributed by atoms with Gasteiger partial charge < -0.3 is 4.42 Å². The molecule has 0 aliphatic rings. The molecule has 16 heavy (non-hydrogen) atoms. The Balaban J connectivity index is 2.48. The number of hydrazine groups is 1. The molecule has 1 unspecified atom stereocenters. The second kappa shape index (κ2) is 4.09. The van der Waals surface area contributed by atoms with E-state index in [4.69, 9.17) is 10.3 Å². The molecule has 0 spiro atoms. The molecule has 0 aliphatic heterocycles. The molecule has 1 heterocycles. The van der Waals surface area contributed by atoms with Gasteiger partial charge in [0.05, 0.1) is 11.7 Å². The minimum atomic E-state index is -0.450. The molecule has 0 radical (unpaired) electrons. The lowest BCUT2D eigenvalue weighted by Gasteiger charge is -2.23. The van der Waals surface area contributed by atoms with Gasteiger partial charge in [0, 0.05) is 0 Å². The third kappa shape index (κ3) is 1.85. The van der Waals surface area contributed by atoms with Crippen molar-refractivity contribution in [3.05, 3.63) is 34.3 Å². The highest BCUT2D eigenvalue weighted by Crippen LogP contribution is 2.19. The summed E-state index contributed by atoms with van der Waals surface area (Å²) < 4.78 is 4.98. The summed E-state index contributed by atoms with van der Waals surface area (Å²) in [5.41, 5.74) is 4.83. The van der Waals surface area contributed by atoms with Gasteiger partial charge in [0.15, 0.2) is 5.58 Å². The van der Waals surface area contributed by atoms with E-state index in [2.05, 4.69) is 10.4 Å². The molecule has 6 nitrogen and oxygen atoms in total. The fourth-order valence-electron chi connectivity index (χ4n) is 1.68. The van der Waals surface area contributed by atoms with Crippen LogP contribution in [0.2, 0.25) is 0 Å². The van der Waals surface area contributed by atoms with Crippen LogP contribution in [0.15, 0.2) is 27.4 Å². The predicted molar refractivity (Wildman–Crippen MR) is 60.6 cm³/mol. The van der Waals surface area contributed by atoms with Crippen molar-refractivity contribution in [3.63, 3.8) is 0 Å². The highest BCUT2D eigenvalue weighted by Gasteiger charge is 2.13. The van der Waals surface area contributed by atoms with Crippen LogP contribution < -0.4 is 17.0 Å². The number of rotatable bonds is 3. The molecular formula is C10H14N4O2. The minimum absolute atomic E-state index is 0.121. The van der Waals surface area contributed by atoms with E-state index in [1.165, 1.54) is 0 Å². The first-order valence-electron chi connectivity index (χ1n) is 4.87. The highest BCUT2D eigenvalue weighted by atomic mass is 16.4. The summed E-state index contributed by atoms with van der Waals surface area (Å²) in [5.74, 6) is 5.01. The maximum atomic E-state index is 11.0. The molecular weight excluding hydrogens is 208 g/mol. The third-order valence-electron chi connectivity index (χ3n) is 2.44. The summed E-state index contributed by atoms with van der Waals surface area (Å²) in [6.45, 7) is 0. The van der Waals surface area contributed by atoms with Crippen molar-refractivity contribution in [2.24, 2.45) is 5.84 Å². The Morgan fingerprint density at radius 1 is 1.50 bits per heavy atom. The summed E-state index contributed by atoms with van der Waals surface area (Å²) in [6.07, 6.45) is -0.121. The lowest BCUT2D eigenvalue weighted by atomic mass is 10.1. The Kier molecular flexibility index (Phi) is 2.78. The Morgan fingerprint density at radius 2 is 2.25 bits per heavy atom. The van der Waals surface area contributed by atoms with Crippen molar-refractivity contribution >= 4 is 11.1 Å². The van der Waals surface area contributed by atoms with Crippen molar-refractivity contribution in [1.29, 1.82) is 0 Å². The van der Waals surface area contributed by atoms with Gasteiger partial charge in [-0.25, -0.2) is 10.2 Å². The van der Waals surface area contributed by atoms with Gasteiger partial charge in [0.2, 0.25) is 0 Å². The van der Waals surface area contributed by atoms with Gasteiger partial charge >= 0.3 is 5.76 Å². The summed E-state index contributed by atoms with van der Waals surface area (Å²) in [7, 11) is 3.81. The topological polar surface area (TPSA) is 87.3 Å². The van der Waals surface area contributed by atoms with Gasteiger partial charge in [-0.05, 0) is 31.8 Å². The molecule has 0 saturated heterocycles. The van der Waals surface area contributed by atoms with Gasteiger partial charge in [0.25, 0.3) is 0 Å². The van der Waals surface area contributed by atoms with Crippen LogP contribution in [-0.2, 0) is 0 Å². The number of H-pyrrole nitrogens is 1. The number of benzene rings is 1. The van der Waals surface area contributed by atoms with Crippen LogP contribution >= 0.6 is 0 Å². The number of hydrogen-bond acceptors (Lipinski definition) is 5. The monoisotopic (exact) mass is 222 g/mol. The lowest BCUT2D eigenvalue weighted by Crippen LogP contribution is -2.37. The van der Waals surface area contributed by atoms with E-state index < -0.39 is 5.76 Å². The second-order valence-corrected chi connectivity index (χ2v) is 3.80. The lowest BCUT2D eigenvalue weighted by molar-refractivity contribution is 0.253. The Bertz CT molecular complexity index is 543. The fourth-order valence-corrected chi connectivity index (χ4v) is 1.68. The van der Waals surface area contributed by atoms with Crippen LogP contribution in [0.5, 0.6) is 0 Å². The molecule has 0 aliphatic carbocycles. The largest absolute Gasteiger partial charge is 0.417 e. The zero-order valence-corrected chi connectivity index (χ0v) is 9.15. The van der Waals surface area contributed by atoms with E-state index in [1.807, 2.05) is 25.1 Å². The normalized spacial score (nSPS) is 13.5. The average molecular weight is 222 g/mol. The average Bonchev–Trinajstić information content (AvgIpc) is 2.57. The second-order valence-electron chi connectivity index (χ2n) is 3.80. The van der Waals surface area contributed by atoms with Gasteiger partial charge in [-0.1, -0.05) is 6.07 Å². The summed E-state index contributed by atoms with van der Waals surface area (Å²) in [4.78, 5) is 15.5. The van der Waals surface area contributed by atoms with Crippen LogP contribution in [0.25, 0.3) is 11.1 Å². The Labute approximate surface area is 92.0 Å². The summed E-state index contributed by atoms with van der Waals surface area (Å²) in [5, 5.41) is 0. The predicted octanol–water partition coefficient (Wildman–Crippen LogP) is 0.145. The van der Waals surface area contributed by atoms with Gasteiger partial charge in [-0.15, -0.1) is 0 Å². The molecule has 2 aromatic rings.